The molecule has 0 aromatic heterocycles. The number of benzene rings is 3. The quantitative estimate of drug-likeness (QED) is 0.378. The van der Waals surface area contributed by atoms with E-state index in [0.29, 0.717) is 22.8 Å². The van der Waals surface area contributed by atoms with Crippen LogP contribution in [-0.2, 0) is 16.6 Å². The van der Waals surface area contributed by atoms with Gasteiger partial charge in [-0.1, -0.05) is 66.2 Å². The van der Waals surface area contributed by atoms with Crippen LogP contribution in [0.5, 0.6) is 0 Å². The molecular weight excluding hydrogens is 456 g/mol. The Morgan fingerprint density at radius 1 is 1.00 bits per heavy atom. The summed E-state index contributed by atoms with van der Waals surface area (Å²) in [6.45, 7) is 4.23. The smallest absolute Gasteiger partial charge is 0.264 e. The number of nitrogens with zero attached hydrogens (tertiary/aromatic N) is 2. The van der Waals surface area contributed by atoms with E-state index in [0.717, 1.165) is 18.4 Å². The fourth-order valence-corrected chi connectivity index (χ4v) is 5.50. The van der Waals surface area contributed by atoms with Crippen molar-refractivity contribution in [3.63, 3.8) is 0 Å². The number of amides is 1. The molecule has 5 nitrogen and oxygen atoms in total. The molecule has 0 radical (unpaired) electrons. The number of sulfonamides is 1. The van der Waals surface area contributed by atoms with Gasteiger partial charge in [-0.05, 0) is 48.7 Å². The van der Waals surface area contributed by atoms with Crippen molar-refractivity contribution in [1.82, 2.24) is 4.90 Å². The van der Waals surface area contributed by atoms with Gasteiger partial charge in [0.05, 0.1) is 22.2 Å². The number of para-hydroxylation sites is 1. The first-order valence-corrected chi connectivity index (χ1v) is 12.6. The summed E-state index contributed by atoms with van der Waals surface area (Å²) in [7, 11) is -3.98. The van der Waals surface area contributed by atoms with Crippen molar-refractivity contribution in [2.24, 2.45) is 0 Å². The Balaban J connectivity index is 1.66. The summed E-state index contributed by atoms with van der Waals surface area (Å²) >= 11 is 6.29. The molecule has 0 saturated heterocycles. The van der Waals surface area contributed by atoms with Crippen molar-refractivity contribution in [3.8, 4) is 0 Å². The minimum absolute atomic E-state index is 0.0329. The molecule has 3 aromatic carbocycles. The molecule has 0 unspecified atom stereocenters. The molecule has 1 saturated carbocycles. The maximum absolute atomic E-state index is 13.6. The van der Waals surface area contributed by atoms with Crippen molar-refractivity contribution in [1.29, 1.82) is 0 Å². The Morgan fingerprint density at radius 2 is 1.70 bits per heavy atom. The summed E-state index contributed by atoms with van der Waals surface area (Å²) in [6.07, 6.45) is 3.41. The second-order valence-electron chi connectivity index (χ2n) is 7.95. The lowest BCUT2D eigenvalue weighted by atomic mass is 10.1. The lowest BCUT2D eigenvalue weighted by Gasteiger charge is -2.25. The van der Waals surface area contributed by atoms with Gasteiger partial charge in [-0.2, -0.15) is 0 Å². The highest BCUT2D eigenvalue weighted by Gasteiger charge is 2.34. The summed E-state index contributed by atoms with van der Waals surface area (Å²) in [4.78, 5) is 15.3. The van der Waals surface area contributed by atoms with E-state index in [1.165, 1.54) is 22.5 Å². The SMILES string of the molecule is C=CCN(c1ccccc1Cl)S(=O)(=O)c1cccc(C(=O)N(Cc2ccccc2)C2CC2)c1. The van der Waals surface area contributed by atoms with Gasteiger partial charge in [-0.25, -0.2) is 8.42 Å². The molecule has 0 bridgehead atoms. The van der Waals surface area contributed by atoms with Gasteiger partial charge in [0.1, 0.15) is 0 Å². The highest BCUT2D eigenvalue weighted by atomic mass is 35.5. The number of carbonyl (C=O) groups is 1. The third kappa shape index (κ3) is 5.13. The molecule has 0 heterocycles. The van der Waals surface area contributed by atoms with Crippen LogP contribution in [0.3, 0.4) is 0 Å². The maximum atomic E-state index is 13.6. The summed E-state index contributed by atoms with van der Waals surface area (Å²) in [6, 6.07) is 22.9. The zero-order valence-corrected chi connectivity index (χ0v) is 19.7. The molecule has 0 N–H and O–H groups in total. The van der Waals surface area contributed by atoms with E-state index in [1.807, 2.05) is 35.2 Å². The van der Waals surface area contributed by atoms with E-state index >= 15 is 0 Å². The number of rotatable bonds is 9. The Labute approximate surface area is 200 Å². The first-order chi connectivity index (χ1) is 15.9. The number of hydrogen-bond acceptors (Lipinski definition) is 3. The molecular formula is C26H25ClN2O3S. The van der Waals surface area contributed by atoms with Gasteiger partial charge in [0, 0.05) is 18.2 Å². The van der Waals surface area contributed by atoms with Crippen LogP contribution < -0.4 is 4.31 Å². The number of carbonyl (C=O) groups excluding carboxylic acids is 1. The van der Waals surface area contributed by atoms with Crippen LogP contribution in [0.25, 0.3) is 0 Å². The van der Waals surface area contributed by atoms with Crippen molar-refractivity contribution in [3.05, 3.63) is 108 Å². The largest absolute Gasteiger partial charge is 0.331 e. The van der Waals surface area contributed by atoms with E-state index < -0.39 is 10.0 Å². The summed E-state index contributed by atoms with van der Waals surface area (Å²) in [5.41, 5.74) is 1.74. The standard InChI is InChI=1S/C26H25ClN2O3S/c1-2-17-29(25-14-7-6-13-24(25)27)33(31,32)23-12-8-11-21(18-23)26(30)28(22-15-16-22)19-20-9-4-3-5-10-20/h2-14,18,22H,1,15-17,19H2. The van der Waals surface area contributed by atoms with Crippen molar-refractivity contribution < 1.29 is 13.2 Å². The first kappa shape index (κ1) is 23.1. The summed E-state index contributed by atoms with van der Waals surface area (Å²) < 4.78 is 28.3. The van der Waals surface area contributed by atoms with Crippen LogP contribution in [0.4, 0.5) is 5.69 Å². The Kier molecular flexibility index (Phi) is 6.86. The fraction of sp³-hybridized carbons (Fsp3) is 0.192. The van der Waals surface area contributed by atoms with Crippen molar-refractivity contribution in [2.75, 3.05) is 10.8 Å². The molecule has 1 aliphatic rings. The highest BCUT2D eigenvalue weighted by molar-refractivity contribution is 7.92. The van der Waals surface area contributed by atoms with E-state index in [1.54, 1.807) is 36.4 Å². The van der Waals surface area contributed by atoms with Gasteiger partial charge in [0.25, 0.3) is 15.9 Å². The maximum Gasteiger partial charge on any atom is 0.264 e. The zero-order valence-electron chi connectivity index (χ0n) is 18.1. The molecule has 0 atom stereocenters. The third-order valence-electron chi connectivity index (χ3n) is 5.53. The lowest BCUT2D eigenvalue weighted by molar-refractivity contribution is 0.0729. The lowest BCUT2D eigenvalue weighted by Crippen LogP contribution is -2.33. The van der Waals surface area contributed by atoms with Gasteiger partial charge in [0.2, 0.25) is 0 Å². The molecule has 0 spiro atoms. The Morgan fingerprint density at radius 3 is 2.36 bits per heavy atom. The van der Waals surface area contributed by atoms with Crippen LogP contribution in [0.2, 0.25) is 5.02 Å². The van der Waals surface area contributed by atoms with Crippen molar-refractivity contribution in [2.45, 2.75) is 30.3 Å². The minimum atomic E-state index is -3.98. The van der Waals surface area contributed by atoms with Crippen LogP contribution in [-0.4, -0.2) is 31.8 Å². The molecule has 1 aliphatic carbocycles. The van der Waals surface area contributed by atoms with Crippen LogP contribution >= 0.6 is 11.6 Å². The highest BCUT2D eigenvalue weighted by Crippen LogP contribution is 2.32. The molecule has 33 heavy (non-hydrogen) atoms. The van der Waals surface area contributed by atoms with Crippen LogP contribution in [0.1, 0.15) is 28.8 Å². The second kappa shape index (κ2) is 9.81. The number of anilines is 1. The zero-order chi connectivity index (χ0) is 23.4. The van der Waals surface area contributed by atoms with Crippen molar-refractivity contribution >= 4 is 33.2 Å². The van der Waals surface area contributed by atoms with Crippen LogP contribution in [0.15, 0.2) is 96.4 Å². The molecule has 4 rings (SSSR count). The average Bonchev–Trinajstić information content (AvgIpc) is 3.67. The third-order valence-corrected chi connectivity index (χ3v) is 7.62. The number of hydrogen-bond donors (Lipinski definition) is 0. The summed E-state index contributed by atoms with van der Waals surface area (Å²) in [5.74, 6) is -0.175. The fourth-order valence-electron chi connectivity index (χ4n) is 3.71. The Hall–Kier alpha value is -3.09. The van der Waals surface area contributed by atoms with Crippen LogP contribution in [0, 0.1) is 0 Å². The van der Waals surface area contributed by atoms with Gasteiger partial charge in [-0.3, -0.25) is 9.10 Å². The normalized spacial score (nSPS) is 13.4. The Bertz CT molecular complexity index is 1260. The van der Waals surface area contributed by atoms with E-state index in [-0.39, 0.29) is 23.4 Å². The van der Waals surface area contributed by atoms with Gasteiger partial charge in [0.15, 0.2) is 0 Å². The minimum Gasteiger partial charge on any atom is -0.331 e. The molecule has 0 aliphatic heterocycles. The van der Waals surface area contributed by atoms with E-state index in [9.17, 15) is 13.2 Å². The molecule has 1 amide bonds. The van der Waals surface area contributed by atoms with E-state index in [2.05, 4.69) is 6.58 Å². The monoisotopic (exact) mass is 480 g/mol. The predicted octanol–water partition coefficient (Wildman–Crippen LogP) is 5.53. The predicted molar refractivity (Wildman–Crippen MR) is 132 cm³/mol. The summed E-state index contributed by atoms with van der Waals surface area (Å²) in [5, 5.41) is 0.318. The molecule has 170 valence electrons. The van der Waals surface area contributed by atoms with Gasteiger partial charge < -0.3 is 4.90 Å². The second-order valence-corrected chi connectivity index (χ2v) is 10.2. The van der Waals surface area contributed by atoms with Gasteiger partial charge in [-0.15, -0.1) is 6.58 Å². The average molecular weight is 481 g/mol. The number of halogens is 1. The molecule has 3 aromatic rings. The van der Waals surface area contributed by atoms with E-state index in [4.69, 9.17) is 11.6 Å². The molecule has 1 fully saturated rings. The topological polar surface area (TPSA) is 57.7 Å². The molecule has 7 heteroatoms. The first-order valence-electron chi connectivity index (χ1n) is 10.7. The van der Waals surface area contributed by atoms with Gasteiger partial charge >= 0.3 is 0 Å².